The summed E-state index contributed by atoms with van der Waals surface area (Å²) in [5, 5.41) is 9.41. The zero-order valence-corrected chi connectivity index (χ0v) is 14.5. The number of carbonyl (C=O) groups is 2. The van der Waals surface area contributed by atoms with Crippen molar-refractivity contribution in [3.63, 3.8) is 0 Å². The summed E-state index contributed by atoms with van der Waals surface area (Å²) in [6.45, 7) is 4.42. The van der Waals surface area contributed by atoms with Gasteiger partial charge in [-0.1, -0.05) is 32.0 Å². The van der Waals surface area contributed by atoms with E-state index in [4.69, 9.17) is 0 Å². The predicted molar refractivity (Wildman–Crippen MR) is 91.1 cm³/mol. The maximum atomic E-state index is 13.7. The van der Waals surface area contributed by atoms with E-state index in [1.165, 1.54) is 6.07 Å². The van der Waals surface area contributed by atoms with Gasteiger partial charge in [0.15, 0.2) is 0 Å². The lowest BCUT2D eigenvalue weighted by Gasteiger charge is -2.30. The summed E-state index contributed by atoms with van der Waals surface area (Å²) in [6.07, 6.45) is 3.86. The van der Waals surface area contributed by atoms with Crippen LogP contribution in [0.4, 0.5) is 4.39 Å². The second kappa shape index (κ2) is 8.41. The summed E-state index contributed by atoms with van der Waals surface area (Å²) < 4.78 is 13.7. The molecule has 1 aromatic rings. The third-order valence-corrected chi connectivity index (χ3v) is 5.39. The minimum Gasteiger partial charge on any atom is -0.481 e. The molecule has 0 aromatic heterocycles. The summed E-state index contributed by atoms with van der Waals surface area (Å²) >= 11 is 0. The van der Waals surface area contributed by atoms with E-state index in [0.29, 0.717) is 17.4 Å². The smallest absolute Gasteiger partial charge is 0.307 e. The minimum atomic E-state index is -1.03. The number of hydrogen-bond acceptors (Lipinski definition) is 2. The second-order valence-corrected chi connectivity index (χ2v) is 7.36. The molecular formula is C20H27FO3. The largest absolute Gasteiger partial charge is 0.481 e. The molecule has 0 spiro atoms. The van der Waals surface area contributed by atoms with Crippen LogP contribution in [0.1, 0.15) is 51.5 Å². The van der Waals surface area contributed by atoms with E-state index in [-0.39, 0.29) is 24.5 Å². The van der Waals surface area contributed by atoms with Crippen LogP contribution in [0, 0.1) is 29.5 Å². The lowest BCUT2D eigenvalue weighted by atomic mass is 9.74. The molecule has 1 aliphatic rings. The predicted octanol–water partition coefficient (Wildman–Crippen LogP) is 4.49. The fourth-order valence-corrected chi connectivity index (χ4v) is 3.69. The Balaban J connectivity index is 1.95. The molecule has 1 saturated carbocycles. The van der Waals surface area contributed by atoms with Crippen molar-refractivity contribution in [1.29, 1.82) is 0 Å². The standard InChI is InChI=1S/C20H27FO3/c1-13(2)14-7-9-15(10-8-14)19(22)12-17(20(23)24)11-16-5-3-4-6-18(16)21/h3-6,13-15,17H,7-12H2,1-2H3,(H,23,24). The molecular weight excluding hydrogens is 307 g/mol. The molecule has 0 radical (unpaired) electrons. The van der Waals surface area contributed by atoms with Crippen LogP contribution in [-0.2, 0) is 16.0 Å². The summed E-state index contributed by atoms with van der Waals surface area (Å²) in [7, 11) is 0. The summed E-state index contributed by atoms with van der Waals surface area (Å²) in [4.78, 5) is 24.0. The van der Waals surface area contributed by atoms with Crippen molar-refractivity contribution in [2.75, 3.05) is 0 Å². The zero-order valence-electron chi connectivity index (χ0n) is 14.5. The summed E-state index contributed by atoms with van der Waals surface area (Å²) in [5.74, 6) is -0.978. The fraction of sp³-hybridized carbons (Fsp3) is 0.600. The molecule has 1 aliphatic carbocycles. The van der Waals surface area contributed by atoms with Gasteiger partial charge in [0.25, 0.3) is 0 Å². The van der Waals surface area contributed by atoms with Crippen molar-refractivity contribution in [1.82, 2.24) is 0 Å². The van der Waals surface area contributed by atoms with Gasteiger partial charge >= 0.3 is 5.97 Å². The molecule has 0 saturated heterocycles. The third-order valence-electron chi connectivity index (χ3n) is 5.39. The first-order valence-electron chi connectivity index (χ1n) is 8.87. The number of ketones is 1. The molecule has 1 aromatic carbocycles. The molecule has 0 heterocycles. The highest BCUT2D eigenvalue weighted by atomic mass is 19.1. The highest BCUT2D eigenvalue weighted by Crippen LogP contribution is 2.34. The number of Topliss-reactive ketones (excluding diaryl/α,β-unsaturated/α-hetero) is 1. The average molecular weight is 334 g/mol. The number of aliphatic carboxylic acids is 1. The van der Waals surface area contributed by atoms with Crippen LogP contribution < -0.4 is 0 Å². The van der Waals surface area contributed by atoms with Crippen LogP contribution in [0.5, 0.6) is 0 Å². The van der Waals surface area contributed by atoms with Gasteiger partial charge in [-0.05, 0) is 55.6 Å². The first kappa shape index (κ1) is 18.6. The lowest BCUT2D eigenvalue weighted by Crippen LogP contribution is -2.28. The number of halogens is 1. The van der Waals surface area contributed by atoms with Crippen molar-refractivity contribution in [2.24, 2.45) is 23.7 Å². The van der Waals surface area contributed by atoms with Crippen LogP contribution in [0.3, 0.4) is 0 Å². The van der Waals surface area contributed by atoms with Gasteiger partial charge in [0, 0.05) is 12.3 Å². The normalized spacial score (nSPS) is 22.3. The Morgan fingerprint density at radius 3 is 2.33 bits per heavy atom. The van der Waals surface area contributed by atoms with Gasteiger partial charge in [0.1, 0.15) is 11.6 Å². The average Bonchev–Trinajstić information content (AvgIpc) is 2.56. The molecule has 24 heavy (non-hydrogen) atoms. The van der Waals surface area contributed by atoms with Crippen molar-refractivity contribution >= 4 is 11.8 Å². The van der Waals surface area contributed by atoms with Crippen molar-refractivity contribution in [2.45, 2.75) is 52.4 Å². The van der Waals surface area contributed by atoms with Gasteiger partial charge in [0.2, 0.25) is 0 Å². The Morgan fingerprint density at radius 2 is 1.79 bits per heavy atom. The molecule has 0 bridgehead atoms. The quantitative estimate of drug-likeness (QED) is 0.799. The van der Waals surface area contributed by atoms with E-state index in [1.54, 1.807) is 18.2 Å². The molecule has 1 unspecified atom stereocenters. The number of hydrogen-bond donors (Lipinski definition) is 1. The summed E-state index contributed by atoms with van der Waals surface area (Å²) in [6, 6.07) is 6.17. The Labute approximate surface area is 143 Å². The van der Waals surface area contributed by atoms with Gasteiger partial charge in [-0.25, -0.2) is 4.39 Å². The van der Waals surface area contributed by atoms with E-state index >= 15 is 0 Å². The molecule has 132 valence electrons. The Morgan fingerprint density at radius 1 is 1.17 bits per heavy atom. The van der Waals surface area contributed by atoms with E-state index in [9.17, 15) is 19.1 Å². The van der Waals surface area contributed by atoms with Crippen LogP contribution in [0.15, 0.2) is 24.3 Å². The van der Waals surface area contributed by atoms with E-state index in [1.807, 2.05) is 0 Å². The number of carboxylic acids is 1. The second-order valence-electron chi connectivity index (χ2n) is 7.36. The SMILES string of the molecule is CC(C)C1CCC(C(=O)CC(Cc2ccccc2F)C(=O)O)CC1. The maximum absolute atomic E-state index is 13.7. The summed E-state index contributed by atoms with van der Waals surface area (Å²) in [5.41, 5.74) is 0.362. The van der Waals surface area contributed by atoms with Gasteiger partial charge in [-0.2, -0.15) is 0 Å². The molecule has 1 fully saturated rings. The molecule has 3 nitrogen and oxygen atoms in total. The van der Waals surface area contributed by atoms with Gasteiger partial charge < -0.3 is 5.11 Å². The molecule has 2 rings (SSSR count). The van der Waals surface area contributed by atoms with Crippen LogP contribution in [0.25, 0.3) is 0 Å². The van der Waals surface area contributed by atoms with Gasteiger partial charge in [-0.15, -0.1) is 0 Å². The van der Waals surface area contributed by atoms with Crippen molar-refractivity contribution in [3.05, 3.63) is 35.6 Å². The lowest BCUT2D eigenvalue weighted by molar-refractivity contribution is -0.144. The molecule has 1 N–H and O–H groups in total. The van der Waals surface area contributed by atoms with E-state index in [0.717, 1.165) is 25.7 Å². The topological polar surface area (TPSA) is 54.4 Å². The van der Waals surface area contributed by atoms with Crippen LogP contribution >= 0.6 is 0 Å². The molecule has 0 amide bonds. The number of carbonyl (C=O) groups excluding carboxylic acids is 1. The highest BCUT2D eigenvalue weighted by molar-refractivity contribution is 5.85. The molecule has 1 atom stereocenters. The molecule has 4 heteroatoms. The Hall–Kier alpha value is -1.71. The highest BCUT2D eigenvalue weighted by Gasteiger charge is 2.31. The zero-order chi connectivity index (χ0) is 17.7. The Kier molecular flexibility index (Phi) is 6.52. The fourth-order valence-electron chi connectivity index (χ4n) is 3.69. The third kappa shape index (κ3) is 4.89. The monoisotopic (exact) mass is 334 g/mol. The number of benzene rings is 1. The van der Waals surface area contributed by atoms with Crippen molar-refractivity contribution in [3.8, 4) is 0 Å². The van der Waals surface area contributed by atoms with Crippen LogP contribution in [0.2, 0.25) is 0 Å². The minimum absolute atomic E-state index is 0.000674. The number of rotatable bonds is 7. The van der Waals surface area contributed by atoms with Crippen molar-refractivity contribution < 1.29 is 19.1 Å². The Bertz CT molecular complexity index is 574. The molecule has 0 aliphatic heterocycles. The maximum Gasteiger partial charge on any atom is 0.307 e. The van der Waals surface area contributed by atoms with Crippen LogP contribution in [-0.4, -0.2) is 16.9 Å². The van der Waals surface area contributed by atoms with E-state index < -0.39 is 17.7 Å². The van der Waals surface area contributed by atoms with Gasteiger partial charge in [-0.3, -0.25) is 9.59 Å². The first-order chi connectivity index (χ1) is 11.4. The first-order valence-corrected chi connectivity index (χ1v) is 8.87. The van der Waals surface area contributed by atoms with Gasteiger partial charge in [0.05, 0.1) is 5.92 Å². The van der Waals surface area contributed by atoms with E-state index in [2.05, 4.69) is 13.8 Å². The number of carboxylic acid groups (broad SMARTS) is 1.